The second kappa shape index (κ2) is 6.90. The van der Waals surface area contributed by atoms with Crippen molar-refractivity contribution in [1.29, 1.82) is 0 Å². The molecular weight excluding hydrogens is 257 g/mol. The van der Waals surface area contributed by atoms with Gasteiger partial charge in [-0.1, -0.05) is 6.92 Å². The number of nitrogens with zero attached hydrogens (tertiary/aromatic N) is 1. The van der Waals surface area contributed by atoms with E-state index in [-0.39, 0.29) is 12.1 Å². The van der Waals surface area contributed by atoms with Gasteiger partial charge in [-0.05, 0) is 26.7 Å². The first-order valence-electron chi connectivity index (χ1n) is 6.87. The molecular formula is C13H25F3N2O. The number of rotatable bonds is 6. The molecule has 0 spiro atoms. The molecule has 0 aromatic rings. The van der Waals surface area contributed by atoms with Gasteiger partial charge < -0.3 is 10.1 Å². The molecule has 0 bridgehead atoms. The topological polar surface area (TPSA) is 24.5 Å². The number of halogens is 3. The average molecular weight is 282 g/mol. The fourth-order valence-electron chi connectivity index (χ4n) is 2.44. The molecule has 6 heteroatoms. The molecule has 1 fully saturated rings. The van der Waals surface area contributed by atoms with Gasteiger partial charge in [-0.15, -0.1) is 0 Å². The molecule has 0 amide bonds. The lowest BCUT2D eigenvalue weighted by molar-refractivity contribution is -0.174. The Bertz CT molecular complexity index is 269. The van der Waals surface area contributed by atoms with Crippen molar-refractivity contribution in [2.24, 2.45) is 0 Å². The zero-order chi connectivity index (χ0) is 14.5. The summed E-state index contributed by atoms with van der Waals surface area (Å²) in [4.78, 5) is 2.35. The fraction of sp³-hybridized carbons (Fsp3) is 1.00. The average Bonchev–Trinajstić information content (AvgIpc) is 2.26. The maximum Gasteiger partial charge on any atom is 0.411 e. The Morgan fingerprint density at radius 3 is 2.63 bits per heavy atom. The molecule has 0 aliphatic carbocycles. The van der Waals surface area contributed by atoms with Crippen LogP contribution in [0.2, 0.25) is 0 Å². The van der Waals surface area contributed by atoms with Crippen molar-refractivity contribution in [3.63, 3.8) is 0 Å². The second-order valence-corrected chi connectivity index (χ2v) is 5.82. The molecule has 1 heterocycles. The zero-order valence-electron chi connectivity index (χ0n) is 12.0. The number of hydrogen-bond acceptors (Lipinski definition) is 3. The van der Waals surface area contributed by atoms with Crippen LogP contribution in [0.25, 0.3) is 0 Å². The van der Waals surface area contributed by atoms with Crippen molar-refractivity contribution in [3.05, 3.63) is 0 Å². The minimum Gasteiger partial charge on any atom is -0.372 e. The molecule has 1 aliphatic rings. The predicted molar refractivity (Wildman–Crippen MR) is 69.2 cm³/mol. The van der Waals surface area contributed by atoms with Gasteiger partial charge in [0.1, 0.15) is 6.61 Å². The van der Waals surface area contributed by atoms with E-state index in [9.17, 15) is 13.2 Å². The highest BCUT2D eigenvalue weighted by Gasteiger charge is 2.31. The molecule has 1 aliphatic heterocycles. The van der Waals surface area contributed by atoms with E-state index >= 15 is 0 Å². The monoisotopic (exact) mass is 282 g/mol. The molecule has 3 nitrogen and oxygen atoms in total. The summed E-state index contributed by atoms with van der Waals surface area (Å²) >= 11 is 0. The Labute approximate surface area is 113 Å². The van der Waals surface area contributed by atoms with Crippen LogP contribution in [0.4, 0.5) is 13.2 Å². The highest BCUT2D eigenvalue weighted by molar-refractivity contribution is 4.91. The summed E-state index contributed by atoms with van der Waals surface area (Å²) in [6, 6.07) is 0.468. The van der Waals surface area contributed by atoms with Crippen molar-refractivity contribution < 1.29 is 17.9 Å². The van der Waals surface area contributed by atoms with Gasteiger partial charge in [0.05, 0.1) is 0 Å². The van der Waals surface area contributed by atoms with Crippen LogP contribution in [0, 0.1) is 0 Å². The first kappa shape index (κ1) is 16.7. The Balaban J connectivity index is 2.25. The normalized spacial score (nSPS) is 24.6. The molecule has 114 valence electrons. The van der Waals surface area contributed by atoms with Gasteiger partial charge in [-0.2, -0.15) is 13.2 Å². The highest BCUT2D eigenvalue weighted by Crippen LogP contribution is 2.18. The van der Waals surface area contributed by atoms with E-state index in [1.807, 2.05) is 0 Å². The molecule has 19 heavy (non-hydrogen) atoms. The summed E-state index contributed by atoms with van der Waals surface area (Å²) in [5.74, 6) is 0. The summed E-state index contributed by atoms with van der Waals surface area (Å²) in [7, 11) is 0. The molecule has 1 unspecified atom stereocenters. The summed E-state index contributed by atoms with van der Waals surface area (Å²) < 4.78 is 40.4. The van der Waals surface area contributed by atoms with E-state index in [1.54, 1.807) is 0 Å². The first-order valence-corrected chi connectivity index (χ1v) is 6.87. The number of piperazine rings is 1. The fourth-order valence-corrected chi connectivity index (χ4v) is 2.44. The van der Waals surface area contributed by atoms with Crippen LogP contribution >= 0.6 is 0 Å². The molecule has 1 saturated heterocycles. The standard InChI is InChI=1S/C13H25F3N2O/c1-4-11-8-17-12(2,3)9-18(11)6-5-7-19-10-13(14,15)16/h11,17H,4-10H2,1-3H3. The molecule has 0 aromatic heterocycles. The third-order valence-electron chi connectivity index (χ3n) is 3.40. The smallest absolute Gasteiger partial charge is 0.372 e. The summed E-state index contributed by atoms with van der Waals surface area (Å²) in [5.41, 5.74) is 0.0680. The van der Waals surface area contributed by atoms with Crippen molar-refractivity contribution in [1.82, 2.24) is 10.2 Å². The lowest BCUT2D eigenvalue weighted by Gasteiger charge is -2.44. The van der Waals surface area contributed by atoms with Crippen LogP contribution in [0.15, 0.2) is 0 Å². The Morgan fingerprint density at radius 1 is 1.37 bits per heavy atom. The summed E-state index contributed by atoms with van der Waals surface area (Å²) in [6.45, 7) is 8.10. The third kappa shape index (κ3) is 6.58. The van der Waals surface area contributed by atoms with Gasteiger partial charge in [-0.3, -0.25) is 4.90 Å². The number of hydrogen-bond donors (Lipinski definition) is 1. The minimum atomic E-state index is -4.22. The van der Waals surface area contributed by atoms with Crippen molar-refractivity contribution in [2.75, 3.05) is 32.8 Å². The first-order chi connectivity index (χ1) is 8.73. The molecule has 1 N–H and O–H groups in total. The molecule has 1 rings (SSSR count). The minimum absolute atomic E-state index is 0.0680. The van der Waals surface area contributed by atoms with Crippen LogP contribution in [-0.2, 0) is 4.74 Å². The van der Waals surface area contributed by atoms with Crippen LogP contribution in [0.1, 0.15) is 33.6 Å². The van der Waals surface area contributed by atoms with Gasteiger partial charge in [-0.25, -0.2) is 0 Å². The molecule has 0 saturated carbocycles. The van der Waals surface area contributed by atoms with Crippen molar-refractivity contribution in [3.8, 4) is 0 Å². The van der Waals surface area contributed by atoms with Crippen LogP contribution in [0.3, 0.4) is 0 Å². The highest BCUT2D eigenvalue weighted by atomic mass is 19.4. The van der Waals surface area contributed by atoms with Crippen molar-refractivity contribution >= 4 is 0 Å². The quantitative estimate of drug-likeness (QED) is 0.757. The summed E-state index contributed by atoms with van der Waals surface area (Å²) in [6.07, 6.45) is -2.53. The lowest BCUT2D eigenvalue weighted by Crippen LogP contribution is -2.61. The predicted octanol–water partition coefficient (Wildman–Crippen LogP) is 2.42. The van der Waals surface area contributed by atoms with E-state index in [0.29, 0.717) is 12.5 Å². The van der Waals surface area contributed by atoms with Crippen molar-refractivity contribution in [2.45, 2.75) is 51.4 Å². The SMILES string of the molecule is CCC1CNC(C)(C)CN1CCCOCC(F)(F)F. The van der Waals surface area contributed by atoms with E-state index in [1.165, 1.54) is 0 Å². The van der Waals surface area contributed by atoms with Crippen LogP contribution in [-0.4, -0.2) is 55.5 Å². The maximum absolute atomic E-state index is 11.9. The number of nitrogens with one attached hydrogen (secondary N) is 1. The number of alkyl halides is 3. The van der Waals surface area contributed by atoms with E-state index in [2.05, 4.69) is 35.7 Å². The Kier molecular flexibility index (Phi) is 6.08. The second-order valence-electron chi connectivity index (χ2n) is 5.82. The van der Waals surface area contributed by atoms with Gasteiger partial charge in [0.2, 0.25) is 0 Å². The van der Waals surface area contributed by atoms with E-state index < -0.39 is 12.8 Å². The van der Waals surface area contributed by atoms with Gasteiger partial charge in [0.25, 0.3) is 0 Å². The van der Waals surface area contributed by atoms with Crippen LogP contribution < -0.4 is 5.32 Å². The zero-order valence-corrected chi connectivity index (χ0v) is 12.0. The van der Waals surface area contributed by atoms with Gasteiger partial charge in [0.15, 0.2) is 0 Å². The third-order valence-corrected chi connectivity index (χ3v) is 3.40. The largest absolute Gasteiger partial charge is 0.411 e. The molecule has 0 aromatic carbocycles. The van der Waals surface area contributed by atoms with E-state index in [4.69, 9.17) is 0 Å². The Morgan fingerprint density at radius 2 is 2.05 bits per heavy atom. The maximum atomic E-state index is 11.9. The lowest BCUT2D eigenvalue weighted by atomic mass is 9.97. The van der Waals surface area contributed by atoms with E-state index in [0.717, 1.165) is 26.1 Å². The Hall–Kier alpha value is -0.330. The molecule has 0 radical (unpaired) electrons. The van der Waals surface area contributed by atoms with Gasteiger partial charge >= 0.3 is 6.18 Å². The molecule has 1 atom stereocenters. The number of ether oxygens (including phenoxy) is 1. The van der Waals surface area contributed by atoms with Crippen LogP contribution in [0.5, 0.6) is 0 Å². The summed E-state index contributed by atoms with van der Waals surface area (Å²) in [5, 5.41) is 3.49. The van der Waals surface area contributed by atoms with Gasteiger partial charge in [0, 0.05) is 37.8 Å².